The Kier molecular flexibility index (Phi) is 5.74. The average molecular weight is 379 g/mol. The van der Waals surface area contributed by atoms with Crippen molar-refractivity contribution in [3.05, 3.63) is 65.0 Å². The Morgan fingerprint density at radius 3 is 2.54 bits per heavy atom. The highest BCUT2D eigenvalue weighted by Gasteiger charge is 2.20. The zero-order valence-electron chi connectivity index (χ0n) is 16.1. The maximum absolute atomic E-state index is 12.7. The number of benzene rings is 2. The van der Waals surface area contributed by atoms with Crippen LogP contribution in [0.25, 0.3) is 22.1 Å². The van der Waals surface area contributed by atoms with Gasteiger partial charge in [0, 0.05) is 19.1 Å². The lowest BCUT2D eigenvalue weighted by Gasteiger charge is -2.32. The molecule has 5 nitrogen and oxygen atoms in total. The van der Waals surface area contributed by atoms with Crippen LogP contribution in [0, 0.1) is 0 Å². The summed E-state index contributed by atoms with van der Waals surface area (Å²) in [4.78, 5) is 15.1. The molecule has 0 saturated carbocycles. The summed E-state index contributed by atoms with van der Waals surface area (Å²) in [5.74, 6) is 0.604. The second-order valence-corrected chi connectivity index (χ2v) is 7.09. The maximum atomic E-state index is 12.7. The van der Waals surface area contributed by atoms with E-state index in [9.17, 15) is 4.79 Å². The zero-order valence-corrected chi connectivity index (χ0v) is 16.1. The predicted molar refractivity (Wildman–Crippen MR) is 110 cm³/mol. The quantitative estimate of drug-likeness (QED) is 0.607. The van der Waals surface area contributed by atoms with Gasteiger partial charge in [0.2, 0.25) is 0 Å². The summed E-state index contributed by atoms with van der Waals surface area (Å²) in [5, 5.41) is 0.819. The number of para-hydroxylation sites is 1. The van der Waals surface area contributed by atoms with E-state index in [1.54, 1.807) is 6.07 Å². The van der Waals surface area contributed by atoms with Crippen LogP contribution in [0.1, 0.15) is 13.3 Å². The standard InChI is InChI=1S/C23H25NO4/c1-17(24-12-15-26-16-13-24)11-14-27-22-19-9-5-6-10-20(19)28-23(25)21(22)18-7-3-2-4-8-18/h2-10,17H,11-16H2,1H3. The van der Waals surface area contributed by atoms with Gasteiger partial charge in [-0.25, -0.2) is 4.79 Å². The third-order valence-electron chi connectivity index (χ3n) is 5.28. The van der Waals surface area contributed by atoms with Gasteiger partial charge in [0.15, 0.2) is 0 Å². The third kappa shape index (κ3) is 3.96. The van der Waals surface area contributed by atoms with Crippen molar-refractivity contribution in [3.8, 4) is 16.9 Å². The smallest absolute Gasteiger partial charge is 0.347 e. The first-order valence-corrected chi connectivity index (χ1v) is 9.80. The van der Waals surface area contributed by atoms with Crippen molar-refractivity contribution >= 4 is 11.0 Å². The Balaban J connectivity index is 1.62. The normalized spacial score (nSPS) is 16.2. The second-order valence-electron chi connectivity index (χ2n) is 7.09. The fraction of sp³-hybridized carbons (Fsp3) is 0.348. The van der Waals surface area contributed by atoms with Crippen LogP contribution in [-0.2, 0) is 4.74 Å². The molecule has 1 fully saturated rings. The van der Waals surface area contributed by atoms with Crippen LogP contribution in [-0.4, -0.2) is 43.9 Å². The van der Waals surface area contributed by atoms with Crippen LogP contribution in [0.4, 0.5) is 0 Å². The highest BCUT2D eigenvalue weighted by molar-refractivity contribution is 5.90. The van der Waals surface area contributed by atoms with Gasteiger partial charge in [0.1, 0.15) is 16.9 Å². The molecule has 28 heavy (non-hydrogen) atoms. The molecule has 0 spiro atoms. The molecule has 1 unspecified atom stereocenters. The van der Waals surface area contributed by atoms with Crippen molar-refractivity contribution in [2.45, 2.75) is 19.4 Å². The van der Waals surface area contributed by atoms with E-state index in [0.29, 0.717) is 29.5 Å². The molecule has 0 radical (unpaired) electrons. The number of rotatable bonds is 6. The van der Waals surface area contributed by atoms with E-state index >= 15 is 0 Å². The Morgan fingerprint density at radius 2 is 1.75 bits per heavy atom. The maximum Gasteiger partial charge on any atom is 0.347 e. The van der Waals surface area contributed by atoms with Gasteiger partial charge in [-0.2, -0.15) is 0 Å². The number of nitrogens with zero attached hydrogens (tertiary/aromatic N) is 1. The summed E-state index contributed by atoms with van der Waals surface area (Å²) in [5.41, 5.74) is 1.46. The monoisotopic (exact) mass is 379 g/mol. The number of hydrogen-bond acceptors (Lipinski definition) is 5. The Hall–Kier alpha value is -2.63. The van der Waals surface area contributed by atoms with E-state index in [4.69, 9.17) is 13.9 Å². The zero-order chi connectivity index (χ0) is 19.3. The highest BCUT2D eigenvalue weighted by Crippen LogP contribution is 2.34. The van der Waals surface area contributed by atoms with Gasteiger partial charge >= 0.3 is 5.63 Å². The SMILES string of the molecule is CC(CCOc1c(-c2ccccc2)c(=O)oc2ccccc12)N1CCOCC1. The minimum absolute atomic E-state index is 0.374. The van der Waals surface area contributed by atoms with Gasteiger partial charge in [-0.15, -0.1) is 0 Å². The molecule has 2 heterocycles. The van der Waals surface area contributed by atoms with Gasteiger partial charge in [-0.1, -0.05) is 42.5 Å². The summed E-state index contributed by atoms with van der Waals surface area (Å²) >= 11 is 0. The molecule has 3 aromatic rings. The van der Waals surface area contributed by atoms with E-state index < -0.39 is 0 Å². The van der Waals surface area contributed by atoms with Gasteiger partial charge < -0.3 is 13.9 Å². The van der Waals surface area contributed by atoms with Crippen LogP contribution in [0.2, 0.25) is 0 Å². The van der Waals surface area contributed by atoms with E-state index in [0.717, 1.165) is 43.7 Å². The summed E-state index contributed by atoms with van der Waals surface area (Å²) in [6.45, 7) is 6.22. The summed E-state index contributed by atoms with van der Waals surface area (Å²) in [6.07, 6.45) is 0.878. The molecule has 2 aromatic carbocycles. The lowest BCUT2D eigenvalue weighted by molar-refractivity contribution is 0.0162. The molecular weight excluding hydrogens is 354 g/mol. The van der Waals surface area contributed by atoms with E-state index in [1.807, 2.05) is 48.5 Å². The van der Waals surface area contributed by atoms with Crippen molar-refractivity contribution in [2.75, 3.05) is 32.9 Å². The van der Waals surface area contributed by atoms with Crippen molar-refractivity contribution in [1.82, 2.24) is 4.90 Å². The third-order valence-corrected chi connectivity index (χ3v) is 5.28. The van der Waals surface area contributed by atoms with Gasteiger partial charge in [0.05, 0.1) is 25.2 Å². The van der Waals surface area contributed by atoms with Crippen LogP contribution >= 0.6 is 0 Å². The molecule has 4 rings (SSSR count). The lowest BCUT2D eigenvalue weighted by Crippen LogP contribution is -2.42. The second kappa shape index (κ2) is 8.59. The van der Waals surface area contributed by atoms with Crippen molar-refractivity contribution in [1.29, 1.82) is 0 Å². The number of morpholine rings is 1. The number of hydrogen-bond donors (Lipinski definition) is 0. The minimum Gasteiger partial charge on any atom is -0.492 e. The molecule has 1 saturated heterocycles. The molecule has 1 atom stereocenters. The molecule has 5 heteroatoms. The minimum atomic E-state index is -0.374. The Bertz CT molecular complexity index is 977. The molecule has 0 amide bonds. The van der Waals surface area contributed by atoms with Crippen LogP contribution < -0.4 is 10.4 Å². The van der Waals surface area contributed by atoms with Gasteiger partial charge in [-0.3, -0.25) is 4.90 Å². The van der Waals surface area contributed by atoms with Crippen molar-refractivity contribution in [3.63, 3.8) is 0 Å². The van der Waals surface area contributed by atoms with Crippen molar-refractivity contribution < 1.29 is 13.9 Å². The first-order chi connectivity index (χ1) is 13.7. The van der Waals surface area contributed by atoms with Gasteiger partial charge in [-0.05, 0) is 31.0 Å². The summed E-state index contributed by atoms with van der Waals surface area (Å²) < 4.78 is 17.2. The average Bonchev–Trinajstić information content (AvgIpc) is 2.74. The molecule has 1 aliphatic rings. The summed E-state index contributed by atoms with van der Waals surface area (Å²) in [7, 11) is 0. The molecule has 0 aliphatic carbocycles. The number of fused-ring (bicyclic) bond motifs is 1. The molecule has 146 valence electrons. The largest absolute Gasteiger partial charge is 0.492 e. The fourth-order valence-corrected chi connectivity index (χ4v) is 3.66. The van der Waals surface area contributed by atoms with E-state index in [1.165, 1.54) is 0 Å². The molecule has 0 N–H and O–H groups in total. The van der Waals surface area contributed by atoms with Crippen LogP contribution in [0.15, 0.2) is 63.8 Å². The van der Waals surface area contributed by atoms with Crippen LogP contribution in [0.5, 0.6) is 5.75 Å². The van der Waals surface area contributed by atoms with E-state index in [-0.39, 0.29) is 5.63 Å². The molecule has 1 aromatic heterocycles. The Morgan fingerprint density at radius 1 is 1.04 bits per heavy atom. The molecular formula is C23H25NO4. The van der Waals surface area contributed by atoms with E-state index in [2.05, 4.69) is 11.8 Å². The fourth-order valence-electron chi connectivity index (χ4n) is 3.66. The van der Waals surface area contributed by atoms with Crippen LogP contribution in [0.3, 0.4) is 0 Å². The van der Waals surface area contributed by atoms with Crippen molar-refractivity contribution in [2.24, 2.45) is 0 Å². The lowest BCUT2D eigenvalue weighted by atomic mass is 10.0. The highest BCUT2D eigenvalue weighted by atomic mass is 16.5. The van der Waals surface area contributed by atoms with Gasteiger partial charge in [0.25, 0.3) is 0 Å². The molecule has 0 bridgehead atoms. The first-order valence-electron chi connectivity index (χ1n) is 9.80. The number of ether oxygens (including phenoxy) is 2. The predicted octanol–water partition coefficient (Wildman–Crippen LogP) is 3.95. The first kappa shape index (κ1) is 18.7. The molecule has 1 aliphatic heterocycles. The summed E-state index contributed by atoms with van der Waals surface area (Å²) in [6, 6.07) is 17.5. The topological polar surface area (TPSA) is 51.9 Å². The Labute approximate surface area is 164 Å².